The van der Waals surface area contributed by atoms with Gasteiger partial charge in [0.2, 0.25) is 11.8 Å². The van der Waals surface area contributed by atoms with Gasteiger partial charge >= 0.3 is 0 Å². The normalized spacial score (nSPS) is 13.9. The Morgan fingerprint density at radius 2 is 1.89 bits per heavy atom. The first-order chi connectivity index (χ1) is 21.8. The number of likely N-dealkylation sites (N-methyl/N-ethyl adjacent to an activating group) is 1. The van der Waals surface area contributed by atoms with Crippen molar-refractivity contribution in [3.8, 4) is 11.8 Å². The highest BCUT2D eigenvalue weighted by molar-refractivity contribution is 5.97. The number of likely N-dealkylation sites (tertiary alicyclic amines) is 1. The van der Waals surface area contributed by atoms with Crippen molar-refractivity contribution in [2.24, 2.45) is 5.92 Å². The van der Waals surface area contributed by atoms with Gasteiger partial charge in [0.05, 0.1) is 38.0 Å². The number of aryl methyl sites for hydroxylation is 1. The Labute approximate surface area is 263 Å². The number of methoxy groups -OCH3 is 1. The SMILES string of the molecule is COc1nc2c(OCc3c(C)ccc(N(C)C(=O)CNC(=O)CN4CCC(C=O)CC4)c3C)cccc2n1Cc1ccccn1. The van der Waals surface area contributed by atoms with Crippen molar-refractivity contribution < 1.29 is 23.9 Å². The Morgan fingerprint density at radius 1 is 1.09 bits per heavy atom. The largest absolute Gasteiger partial charge is 0.487 e. The Hall–Kier alpha value is -4.77. The Kier molecular flexibility index (Phi) is 10.1. The van der Waals surface area contributed by atoms with E-state index >= 15 is 0 Å². The van der Waals surface area contributed by atoms with Crippen LogP contribution in [0, 0.1) is 19.8 Å². The van der Waals surface area contributed by atoms with E-state index in [-0.39, 0.29) is 37.4 Å². The minimum Gasteiger partial charge on any atom is -0.487 e. The molecule has 2 aromatic carbocycles. The van der Waals surface area contributed by atoms with E-state index < -0.39 is 0 Å². The van der Waals surface area contributed by atoms with Gasteiger partial charge in [0.1, 0.15) is 24.2 Å². The molecule has 1 saturated heterocycles. The molecule has 0 unspecified atom stereocenters. The van der Waals surface area contributed by atoms with Crippen LogP contribution in [0.4, 0.5) is 5.69 Å². The molecule has 1 aliphatic rings. The fourth-order valence-corrected chi connectivity index (χ4v) is 5.73. The molecule has 236 valence electrons. The van der Waals surface area contributed by atoms with Crippen LogP contribution < -0.4 is 19.7 Å². The number of fused-ring (bicyclic) bond motifs is 1. The lowest BCUT2D eigenvalue weighted by molar-refractivity contribution is -0.126. The van der Waals surface area contributed by atoms with Gasteiger partial charge in [-0.1, -0.05) is 18.2 Å². The third-order valence-corrected chi connectivity index (χ3v) is 8.48. The number of aldehydes is 1. The number of hydrogen-bond acceptors (Lipinski definition) is 8. The number of rotatable bonds is 12. The topological polar surface area (TPSA) is 119 Å². The molecule has 5 rings (SSSR count). The predicted octanol–water partition coefficient (Wildman–Crippen LogP) is 3.67. The van der Waals surface area contributed by atoms with Gasteiger partial charge in [-0.15, -0.1) is 0 Å². The molecule has 3 heterocycles. The van der Waals surface area contributed by atoms with Crippen molar-refractivity contribution in [3.63, 3.8) is 0 Å². The molecule has 45 heavy (non-hydrogen) atoms. The smallest absolute Gasteiger partial charge is 0.297 e. The number of carbonyl (C=O) groups excluding carboxylic acids is 3. The number of ether oxygens (including phenoxy) is 2. The number of aromatic nitrogens is 3. The molecule has 0 radical (unpaired) electrons. The second-order valence-electron chi connectivity index (χ2n) is 11.4. The summed E-state index contributed by atoms with van der Waals surface area (Å²) in [5.74, 6) is 0.268. The van der Waals surface area contributed by atoms with E-state index in [9.17, 15) is 14.4 Å². The Balaban J connectivity index is 1.25. The number of carbonyl (C=O) groups is 3. The zero-order chi connectivity index (χ0) is 31.9. The predicted molar refractivity (Wildman–Crippen MR) is 172 cm³/mol. The Bertz CT molecular complexity index is 1660. The lowest BCUT2D eigenvalue weighted by Crippen LogP contribution is -2.44. The van der Waals surface area contributed by atoms with Gasteiger partial charge in [0, 0.05) is 24.8 Å². The van der Waals surface area contributed by atoms with Crippen molar-refractivity contribution in [1.29, 1.82) is 0 Å². The molecular formula is C34H40N6O5. The standard InChI is InChI=1S/C34H40N6O5/c1-23-11-12-28(38(3)32(43)18-36-31(42)20-39-16-13-25(21-41)14-17-39)24(2)27(23)22-45-30-10-7-9-29-33(30)37-34(44-4)40(29)19-26-8-5-6-15-35-26/h5-12,15,21,25H,13-14,16-20,22H2,1-4H3,(H,36,42). The summed E-state index contributed by atoms with van der Waals surface area (Å²) in [6.45, 7) is 6.28. The molecule has 0 spiro atoms. The number of amides is 2. The van der Waals surface area contributed by atoms with Gasteiger partial charge in [0.25, 0.3) is 6.01 Å². The monoisotopic (exact) mass is 612 g/mol. The summed E-state index contributed by atoms with van der Waals surface area (Å²) in [5.41, 5.74) is 6.11. The molecule has 1 N–H and O–H groups in total. The van der Waals surface area contributed by atoms with Crippen LogP contribution in [0.3, 0.4) is 0 Å². The zero-order valence-electron chi connectivity index (χ0n) is 26.3. The summed E-state index contributed by atoms with van der Waals surface area (Å²) in [5, 5.41) is 2.75. The van der Waals surface area contributed by atoms with Crippen LogP contribution in [0.1, 0.15) is 35.2 Å². The molecule has 1 aliphatic heterocycles. The van der Waals surface area contributed by atoms with Crippen LogP contribution in [-0.4, -0.2) is 77.9 Å². The van der Waals surface area contributed by atoms with E-state index in [1.165, 1.54) is 0 Å². The average molecular weight is 613 g/mol. The van der Waals surface area contributed by atoms with Gasteiger partial charge in [-0.3, -0.25) is 24.0 Å². The van der Waals surface area contributed by atoms with Crippen LogP contribution in [-0.2, 0) is 27.5 Å². The van der Waals surface area contributed by atoms with E-state index in [0.29, 0.717) is 36.9 Å². The van der Waals surface area contributed by atoms with Crippen LogP contribution in [0.5, 0.6) is 11.8 Å². The van der Waals surface area contributed by atoms with E-state index in [1.54, 1.807) is 25.3 Å². The number of anilines is 1. The molecule has 11 heteroatoms. The quantitative estimate of drug-likeness (QED) is 0.241. The summed E-state index contributed by atoms with van der Waals surface area (Å²) in [7, 11) is 3.31. The summed E-state index contributed by atoms with van der Waals surface area (Å²) >= 11 is 0. The van der Waals surface area contributed by atoms with Crippen LogP contribution in [0.15, 0.2) is 54.7 Å². The Morgan fingerprint density at radius 3 is 2.60 bits per heavy atom. The number of hydrogen-bond donors (Lipinski definition) is 1. The van der Waals surface area contributed by atoms with Crippen LogP contribution in [0.2, 0.25) is 0 Å². The van der Waals surface area contributed by atoms with Gasteiger partial charge in [-0.05, 0) is 86.8 Å². The summed E-state index contributed by atoms with van der Waals surface area (Å²) in [6, 6.07) is 15.9. The van der Waals surface area contributed by atoms with Crippen molar-refractivity contribution in [1.82, 2.24) is 24.8 Å². The number of piperidine rings is 1. The van der Waals surface area contributed by atoms with Crippen molar-refractivity contribution >= 4 is 34.8 Å². The first-order valence-electron chi connectivity index (χ1n) is 15.1. The maximum Gasteiger partial charge on any atom is 0.297 e. The first-order valence-corrected chi connectivity index (χ1v) is 15.1. The number of nitrogens with one attached hydrogen (secondary N) is 1. The fraction of sp³-hybridized carbons (Fsp3) is 0.382. The number of para-hydroxylation sites is 1. The van der Waals surface area contributed by atoms with Gasteiger partial charge in [-0.2, -0.15) is 4.98 Å². The van der Waals surface area contributed by atoms with Crippen molar-refractivity contribution in [2.75, 3.05) is 45.2 Å². The zero-order valence-corrected chi connectivity index (χ0v) is 26.3. The lowest BCUT2D eigenvalue weighted by Gasteiger charge is -2.29. The van der Waals surface area contributed by atoms with Gasteiger partial charge in [-0.25, -0.2) is 0 Å². The highest BCUT2D eigenvalue weighted by Crippen LogP contribution is 2.32. The highest BCUT2D eigenvalue weighted by atomic mass is 16.5. The molecule has 0 aliphatic carbocycles. The molecule has 0 bridgehead atoms. The lowest BCUT2D eigenvalue weighted by atomic mass is 9.99. The summed E-state index contributed by atoms with van der Waals surface area (Å²) in [6.07, 6.45) is 4.28. The maximum absolute atomic E-state index is 13.1. The molecule has 2 aromatic heterocycles. The molecule has 4 aromatic rings. The molecule has 11 nitrogen and oxygen atoms in total. The van der Waals surface area contributed by atoms with Gasteiger partial charge < -0.3 is 24.5 Å². The van der Waals surface area contributed by atoms with E-state index in [4.69, 9.17) is 14.5 Å². The van der Waals surface area contributed by atoms with Gasteiger partial charge in [0.15, 0.2) is 0 Å². The summed E-state index contributed by atoms with van der Waals surface area (Å²) in [4.78, 5) is 49.3. The van der Waals surface area contributed by atoms with E-state index in [0.717, 1.165) is 52.7 Å². The average Bonchev–Trinajstić information content (AvgIpc) is 3.42. The van der Waals surface area contributed by atoms with Crippen LogP contribution in [0.25, 0.3) is 11.0 Å². The minimum atomic E-state index is -0.225. The maximum atomic E-state index is 13.1. The third kappa shape index (κ3) is 7.31. The molecule has 0 saturated carbocycles. The van der Waals surface area contributed by atoms with Crippen LogP contribution >= 0.6 is 0 Å². The summed E-state index contributed by atoms with van der Waals surface area (Å²) < 4.78 is 13.9. The molecule has 2 amide bonds. The number of imidazole rings is 1. The van der Waals surface area contributed by atoms with Crippen molar-refractivity contribution in [2.45, 2.75) is 39.8 Å². The second-order valence-corrected chi connectivity index (χ2v) is 11.4. The first kappa shape index (κ1) is 31.6. The van der Waals surface area contributed by atoms with E-state index in [2.05, 4.69) is 10.3 Å². The molecular weight excluding hydrogens is 572 g/mol. The number of pyridine rings is 1. The highest BCUT2D eigenvalue weighted by Gasteiger charge is 2.22. The number of benzene rings is 2. The van der Waals surface area contributed by atoms with Crippen molar-refractivity contribution in [3.05, 3.63) is 77.1 Å². The number of nitrogens with zero attached hydrogens (tertiary/aromatic N) is 5. The fourth-order valence-electron chi connectivity index (χ4n) is 5.73. The molecule has 0 atom stereocenters. The second kappa shape index (κ2) is 14.3. The minimum absolute atomic E-state index is 0.0751. The van der Waals surface area contributed by atoms with E-state index in [1.807, 2.05) is 71.8 Å². The molecule has 1 fully saturated rings. The third-order valence-electron chi connectivity index (χ3n) is 8.48.